The molecule has 1 aliphatic carbocycles. The van der Waals surface area contributed by atoms with Crippen LogP contribution in [0.2, 0.25) is 0 Å². The molecule has 0 saturated heterocycles. The van der Waals surface area contributed by atoms with E-state index in [4.69, 9.17) is 9.84 Å². The predicted molar refractivity (Wildman–Crippen MR) is 118 cm³/mol. The van der Waals surface area contributed by atoms with Crippen LogP contribution in [0.15, 0.2) is 48.5 Å². The van der Waals surface area contributed by atoms with Gasteiger partial charge in [-0.15, -0.1) is 0 Å². The number of hydrogen-bond acceptors (Lipinski definition) is 6. The lowest BCUT2D eigenvalue weighted by atomic mass is 9.98. The highest BCUT2D eigenvalue weighted by Gasteiger charge is 2.29. The third-order valence-electron chi connectivity index (χ3n) is 5.56. The van der Waals surface area contributed by atoms with Gasteiger partial charge in [-0.25, -0.2) is 9.59 Å². The fourth-order valence-electron chi connectivity index (χ4n) is 3.74. The van der Waals surface area contributed by atoms with Crippen molar-refractivity contribution in [2.75, 3.05) is 20.3 Å². The highest BCUT2D eigenvalue weighted by molar-refractivity contribution is 5.88. The molecule has 0 saturated carbocycles. The number of ether oxygens (including phenoxy) is 2. The molecule has 1 unspecified atom stereocenters. The summed E-state index contributed by atoms with van der Waals surface area (Å²) < 4.78 is 9.86. The molecule has 0 radical (unpaired) electrons. The van der Waals surface area contributed by atoms with Crippen LogP contribution in [0, 0.1) is 5.92 Å². The first-order valence-electron chi connectivity index (χ1n) is 10.5. The second kappa shape index (κ2) is 10.6. The van der Waals surface area contributed by atoms with Crippen LogP contribution < -0.4 is 10.6 Å². The van der Waals surface area contributed by atoms with Gasteiger partial charge < -0.3 is 25.2 Å². The van der Waals surface area contributed by atoms with Crippen LogP contribution in [0.25, 0.3) is 11.1 Å². The van der Waals surface area contributed by atoms with Gasteiger partial charge in [0.15, 0.2) is 0 Å². The Kier molecular flexibility index (Phi) is 7.66. The fraction of sp³-hybridized carbons (Fsp3) is 0.333. The molecule has 174 valence electrons. The van der Waals surface area contributed by atoms with Crippen LogP contribution in [-0.4, -0.2) is 55.3 Å². The minimum atomic E-state index is -1.41. The van der Waals surface area contributed by atoms with Gasteiger partial charge in [0.1, 0.15) is 12.6 Å². The van der Waals surface area contributed by atoms with Crippen molar-refractivity contribution in [3.63, 3.8) is 0 Å². The zero-order valence-corrected chi connectivity index (χ0v) is 18.4. The zero-order chi connectivity index (χ0) is 24.0. The number of amides is 2. The van der Waals surface area contributed by atoms with Crippen molar-refractivity contribution in [3.05, 3.63) is 59.7 Å². The predicted octanol–water partition coefficient (Wildman–Crippen LogP) is 2.29. The van der Waals surface area contributed by atoms with Gasteiger partial charge >= 0.3 is 18.0 Å². The average Bonchev–Trinajstić information content (AvgIpc) is 3.14. The van der Waals surface area contributed by atoms with Gasteiger partial charge in [-0.05, 0) is 22.3 Å². The summed E-state index contributed by atoms with van der Waals surface area (Å²) in [6.45, 7) is 1.60. The summed E-state index contributed by atoms with van der Waals surface area (Å²) in [5, 5.41) is 14.0. The average molecular weight is 454 g/mol. The topological polar surface area (TPSA) is 131 Å². The van der Waals surface area contributed by atoms with Gasteiger partial charge in [-0.1, -0.05) is 55.5 Å². The Morgan fingerprint density at radius 2 is 1.58 bits per heavy atom. The van der Waals surface area contributed by atoms with Crippen molar-refractivity contribution in [1.29, 1.82) is 0 Å². The molecule has 2 atom stereocenters. The number of carboxylic acids is 1. The normalized spacial score (nSPS) is 13.8. The van der Waals surface area contributed by atoms with Crippen molar-refractivity contribution < 1.29 is 33.8 Å². The number of methoxy groups -OCH3 is 1. The zero-order valence-electron chi connectivity index (χ0n) is 18.4. The molecule has 2 aromatic carbocycles. The molecular formula is C24H26N2O7. The molecule has 2 amide bonds. The molecule has 33 heavy (non-hydrogen) atoms. The minimum absolute atomic E-state index is 0.0624. The van der Waals surface area contributed by atoms with E-state index in [9.17, 15) is 19.2 Å². The number of rotatable bonds is 9. The summed E-state index contributed by atoms with van der Waals surface area (Å²) in [7, 11) is 1.13. The second-order valence-corrected chi connectivity index (χ2v) is 7.79. The number of hydrogen-bond donors (Lipinski definition) is 3. The Hall–Kier alpha value is -3.88. The Morgan fingerprint density at radius 1 is 1.00 bits per heavy atom. The first-order valence-corrected chi connectivity index (χ1v) is 10.5. The van der Waals surface area contributed by atoms with E-state index in [0.29, 0.717) is 0 Å². The Balaban J connectivity index is 1.51. The minimum Gasteiger partial charge on any atom is -0.480 e. The van der Waals surface area contributed by atoms with Crippen molar-refractivity contribution in [2.24, 2.45) is 5.92 Å². The lowest BCUT2D eigenvalue weighted by Gasteiger charge is -2.18. The molecular weight excluding hydrogens is 428 g/mol. The number of aliphatic carboxylic acids is 1. The molecule has 9 heteroatoms. The maximum atomic E-state index is 12.3. The van der Waals surface area contributed by atoms with E-state index in [1.54, 1.807) is 0 Å². The molecule has 9 nitrogen and oxygen atoms in total. The number of fused-ring (bicyclic) bond motifs is 3. The molecule has 0 heterocycles. The molecule has 1 aliphatic rings. The van der Waals surface area contributed by atoms with Gasteiger partial charge in [-0.3, -0.25) is 9.59 Å². The Labute approximate surface area is 191 Å². The van der Waals surface area contributed by atoms with Crippen LogP contribution in [-0.2, 0) is 23.9 Å². The highest BCUT2D eigenvalue weighted by atomic mass is 16.5. The molecule has 3 rings (SSSR count). The number of carbonyl (C=O) groups is 4. The standard InChI is InChI=1S/C24H26N2O7/c1-14(22(28)26-20(23(29)30)11-21(27)32-2)12-25-24(31)33-13-19-17-9-5-3-7-15(17)16-8-4-6-10-18(16)19/h3-10,14,19-20H,11-13H2,1-2H3,(H,25,31)(H,26,28)(H,29,30)/t14?,20-/m0/s1. The van der Waals surface area contributed by atoms with Crippen molar-refractivity contribution in [2.45, 2.75) is 25.3 Å². The Bertz CT molecular complexity index is 1010. The van der Waals surface area contributed by atoms with Crippen molar-refractivity contribution in [3.8, 4) is 11.1 Å². The van der Waals surface area contributed by atoms with Crippen LogP contribution in [0.3, 0.4) is 0 Å². The van der Waals surface area contributed by atoms with Gasteiger partial charge in [0, 0.05) is 12.5 Å². The van der Waals surface area contributed by atoms with E-state index in [1.165, 1.54) is 6.92 Å². The van der Waals surface area contributed by atoms with E-state index >= 15 is 0 Å². The van der Waals surface area contributed by atoms with E-state index in [0.717, 1.165) is 29.4 Å². The molecule has 0 aromatic heterocycles. The quantitative estimate of drug-likeness (QED) is 0.496. The van der Waals surface area contributed by atoms with E-state index in [-0.39, 0.29) is 19.1 Å². The lowest BCUT2D eigenvalue weighted by molar-refractivity contribution is -0.149. The van der Waals surface area contributed by atoms with Crippen LogP contribution in [0.5, 0.6) is 0 Å². The number of carboxylic acid groups (broad SMARTS) is 1. The summed E-state index contributed by atoms with van der Waals surface area (Å²) in [6, 6.07) is 14.5. The molecule has 0 spiro atoms. The van der Waals surface area contributed by atoms with E-state index in [2.05, 4.69) is 15.4 Å². The smallest absolute Gasteiger partial charge is 0.407 e. The third-order valence-corrected chi connectivity index (χ3v) is 5.56. The number of nitrogens with one attached hydrogen (secondary N) is 2. The lowest BCUT2D eigenvalue weighted by Crippen LogP contribution is -2.46. The summed E-state index contributed by atoms with van der Waals surface area (Å²) in [4.78, 5) is 47.1. The third kappa shape index (κ3) is 5.68. The maximum absolute atomic E-state index is 12.3. The van der Waals surface area contributed by atoms with Crippen molar-refractivity contribution >= 4 is 23.9 Å². The Morgan fingerprint density at radius 3 is 2.12 bits per heavy atom. The summed E-state index contributed by atoms with van der Waals surface area (Å²) >= 11 is 0. The van der Waals surface area contributed by atoms with Gasteiger partial charge in [0.2, 0.25) is 5.91 Å². The summed E-state index contributed by atoms with van der Waals surface area (Å²) in [5.41, 5.74) is 4.41. The second-order valence-electron chi connectivity index (χ2n) is 7.79. The van der Waals surface area contributed by atoms with E-state index in [1.807, 2.05) is 48.5 Å². The van der Waals surface area contributed by atoms with Crippen LogP contribution >= 0.6 is 0 Å². The summed E-state index contributed by atoms with van der Waals surface area (Å²) in [6.07, 6.45) is -1.18. The van der Waals surface area contributed by atoms with Gasteiger partial charge in [0.25, 0.3) is 0 Å². The van der Waals surface area contributed by atoms with E-state index < -0.39 is 42.3 Å². The molecule has 0 aliphatic heterocycles. The largest absolute Gasteiger partial charge is 0.480 e. The maximum Gasteiger partial charge on any atom is 0.407 e. The molecule has 3 N–H and O–H groups in total. The van der Waals surface area contributed by atoms with Gasteiger partial charge in [0.05, 0.1) is 19.4 Å². The first-order chi connectivity index (χ1) is 15.8. The van der Waals surface area contributed by atoms with Crippen molar-refractivity contribution in [1.82, 2.24) is 10.6 Å². The summed E-state index contributed by atoms with van der Waals surface area (Å²) in [5.74, 6) is -3.56. The first kappa shape index (κ1) is 23.8. The molecule has 0 bridgehead atoms. The van der Waals surface area contributed by atoms with Gasteiger partial charge in [-0.2, -0.15) is 0 Å². The number of benzene rings is 2. The fourth-order valence-corrected chi connectivity index (χ4v) is 3.74. The molecule has 2 aromatic rings. The molecule has 0 fully saturated rings. The van der Waals surface area contributed by atoms with Crippen LogP contribution in [0.1, 0.15) is 30.4 Å². The van der Waals surface area contributed by atoms with Crippen LogP contribution in [0.4, 0.5) is 4.79 Å². The highest BCUT2D eigenvalue weighted by Crippen LogP contribution is 2.44. The number of carbonyl (C=O) groups excluding carboxylic acids is 3. The number of esters is 1. The number of alkyl carbamates (subject to hydrolysis) is 1. The SMILES string of the molecule is COC(=O)C[C@H](NC(=O)C(C)CNC(=O)OCC1c2ccccc2-c2ccccc21)C(=O)O. The monoisotopic (exact) mass is 454 g/mol.